The Morgan fingerprint density at radius 2 is 2.11 bits per heavy atom. The third-order valence-electron chi connectivity index (χ3n) is 3.01. The molecule has 5 nitrogen and oxygen atoms in total. The van der Waals surface area contributed by atoms with Crippen molar-refractivity contribution in [3.05, 3.63) is 23.8 Å². The molecule has 1 aromatic carbocycles. The summed E-state index contributed by atoms with van der Waals surface area (Å²) in [5.74, 6) is 0.961. The number of rotatable bonds is 7. The zero-order valence-corrected chi connectivity index (χ0v) is 11.4. The van der Waals surface area contributed by atoms with Crippen molar-refractivity contribution in [2.45, 2.75) is 26.2 Å². The molecule has 2 N–H and O–H groups in total. The van der Waals surface area contributed by atoms with Gasteiger partial charge in [0.2, 0.25) is 0 Å². The van der Waals surface area contributed by atoms with Crippen LogP contribution in [0.5, 0.6) is 11.5 Å². The second-order valence-corrected chi connectivity index (χ2v) is 4.33. The van der Waals surface area contributed by atoms with Gasteiger partial charge in [-0.3, -0.25) is 0 Å². The van der Waals surface area contributed by atoms with Gasteiger partial charge in [-0.15, -0.1) is 0 Å². The minimum absolute atomic E-state index is 0.110. The normalized spacial score (nSPS) is 17.5. The van der Waals surface area contributed by atoms with Crippen molar-refractivity contribution < 1.29 is 19.3 Å². The predicted molar refractivity (Wildman–Crippen MR) is 71.4 cm³/mol. The van der Waals surface area contributed by atoms with Gasteiger partial charge in [0.25, 0.3) is 0 Å². The van der Waals surface area contributed by atoms with Crippen molar-refractivity contribution in [1.29, 1.82) is 0 Å². The molecule has 1 heterocycles. The van der Waals surface area contributed by atoms with Crippen molar-refractivity contribution >= 4 is 0 Å². The lowest BCUT2D eigenvalue weighted by Gasteiger charge is -2.19. The van der Waals surface area contributed by atoms with Gasteiger partial charge >= 0.3 is 0 Å². The van der Waals surface area contributed by atoms with Gasteiger partial charge in [-0.25, -0.2) is 0 Å². The first kappa shape index (κ1) is 14.1. The molecule has 0 saturated carbocycles. The van der Waals surface area contributed by atoms with Gasteiger partial charge in [-0.1, -0.05) is 0 Å². The molecule has 1 aliphatic heterocycles. The van der Waals surface area contributed by atoms with Crippen LogP contribution in [-0.2, 0) is 9.47 Å². The van der Waals surface area contributed by atoms with Crippen molar-refractivity contribution in [3.8, 4) is 11.5 Å². The van der Waals surface area contributed by atoms with Gasteiger partial charge in [-0.05, 0) is 26.0 Å². The summed E-state index contributed by atoms with van der Waals surface area (Å²) in [5, 5.41) is 12.8. The number of hydrogen-bond acceptors (Lipinski definition) is 5. The van der Waals surface area contributed by atoms with E-state index in [-0.39, 0.29) is 18.1 Å². The molecule has 1 unspecified atom stereocenters. The fourth-order valence-corrected chi connectivity index (χ4v) is 2.14. The zero-order valence-electron chi connectivity index (χ0n) is 11.4. The van der Waals surface area contributed by atoms with Gasteiger partial charge < -0.3 is 24.6 Å². The minimum atomic E-state index is -0.240. The van der Waals surface area contributed by atoms with Crippen LogP contribution in [0.2, 0.25) is 0 Å². The van der Waals surface area contributed by atoms with E-state index in [9.17, 15) is 5.11 Å². The highest BCUT2D eigenvalue weighted by atomic mass is 16.7. The maximum absolute atomic E-state index is 9.40. The van der Waals surface area contributed by atoms with Crippen LogP contribution in [0.4, 0.5) is 0 Å². The molecule has 1 aliphatic rings. The SMILES string of the molecule is CCOC(CNC1COc2cc(O)ccc21)OCC. The van der Waals surface area contributed by atoms with E-state index in [1.165, 1.54) is 0 Å². The number of ether oxygens (including phenoxy) is 3. The Hall–Kier alpha value is -1.30. The highest BCUT2D eigenvalue weighted by Crippen LogP contribution is 2.34. The standard InChI is InChI=1S/C14H21NO4/c1-3-17-14(18-4-2)8-15-12-9-19-13-7-10(16)5-6-11(12)13/h5-7,12,14-16H,3-4,8-9H2,1-2H3. The van der Waals surface area contributed by atoms with Crippen LogP contribution in [0.15, 0.2) is 18.2 Å². The van der Waals surface area contributed by atoms with Crippen LogP contribution in [0.25, 0.3) is 0 Å². The van der Waals surface area contributed by atoms with Crippen LogP contribution < -0.4 is 10.1 Å². The molecular formula is C14H21NO4. The molecule has 0 saturated heterocycles. The second-order valence-electron chi connectivity index (χ2n) is 4.33. The fourth-order valence-electron chi connectivity index (χ4n) is 2.14. The minimum Gasteiger partial charge on any atom is -0.508 e. The summed E-state index contributed by atoms with van der Waals surface area (Å²) >= 11 is 0. The third kappa shape index (κ3) is 3.59. The topological polar surface area (TPSA) is 60.0 Å². The molecule has 106 valence electrons. The molecule has 0 bridgehead atoms. The number of hydrogen-bond donors (Lipinski definition) is 2. The van der Waals surface area contributed by atoms with E-state index in [1.54, 1.807) is 12.1 Å². The molecule has 19 heavy (non-hydrogen) atoms. The lowest BCUT2D eigenvalue weighted by molar-refractivity contribution is -0.133. The monoisotopic (exact) mass is 267 g/mol. The Morgan fingerprint density at radius 1 is 1.37 bits per heavy atom. The predicted octanol–water partition coefficient (Wildman–Crippen LogP) is 1.81. The lowest BCUT2D eigenvalue weighted by atomic mass is 10.1. The maximum Gasteiger partial charge on any atom is 0.169 e. The Bertz CT molecular complexity index is 404. The summed E-state index contributed by atoms with van der Waals surface area (Å²) < 4.78 is 16.5. The molecule has 5 heteroatoms. The molecule has 0 amide bonds. The van der Waals surface area contributed by atoms with Crippen molar-refractivity contribution in [2.75, 3.05) is 26.4 Å². The first-order chi connectivity index (χ1) is 9.24. The van der Waals surface area contributed by atoms with Gasteiger partial charge in [0.05, 0.1) is 6.04 Å². The average Bonchev–Trinajstić information content (AvgIpc) is 2.78. The van der Waals surface area contributed by atoms with Crippen LogP contribution in [-0.4, -0.2) is 37.8 Å². The summed E-state index contributed by atoms with van der Waals surface area (Å²) in [4.78, 5) is 0. The zero-order chi connectivity index (χ0) is 13.7. The van der Waals surface area contributed by atoms with Crippen molar-refractivity contribution in [2.24, 2.45) is 0 Å². The van der Waals surface area contributed by atoms with Gasteiger partial charge in [0.15, 0.2) is 6.29 Å². The van der Waals surface area contributed by atoms with E-state index in [4.69, 9.17) is 14.2 Å². The molecule has 0 spiro atoms. The van der Waals surface area contributed by atoms with E-state index >= 15 is 0 Å². The Kier molecular flexibility index (Phi) is 5.01. The first-order valence-electron chi connectivity index (χ1n) is 6.66. The molecule has 0 radical (unpaired) electrons. The summed E-state index contributed by atoms with van der Waals surface area (Å²) in [7, 11) is 0. The van der Waals surface area contributed by atoms with E-state index < -0.39 is 0 Å². The van der Waals surface area contributed by atoms with E-state index in [2.05, 4.69) is 5.32 Å². The van der Waals surface area contributed by atoms with Crippen LogP contribution in [0.3, 0.4) is 0 Å². The smallest absolute Gasteiger partial charge is 0.169 e. The Balaban J connectivity index is 1.91. The highest BCUT2D eigenvalue weighted by molar-refractivity contribution is 5.44. The summed E-state index contributed by atoms with van der Waals surface area (Å²) in [6, 6.07) is 5.30. The summed E-state index contributed by atoms with van der Waals surface area (Å²) in [6.07, 6.45) is -0.240. The number of nitrogens with one attached hydrogen (secondary N) is 1. The molecular weight excluding hydrogens is 246 g/mol. The number of phenolic OH excluding ortho intramolecular Hbond substituents is 1. The number of aromatic hydroxyl groups is 1. The van der Waals surface area contributed by atoms with Gasteiger partial charge in [0.1, 0.15) is 18.1 Å². The maximum atomic E-state index is 9.40. The summed E-state index contributed by atoms with van der Waals surface area (Å²) in [5.41, 5.74) is 1.06. The summed E-state index contributed by atoms with van der Waals surface area (Å²) in [6.45, 7) is 6.31. The van der Waals surface area contributed by atoms with E-state index in [0.717, 1.165) is 11.3 Å². The van der Waals surface area contributed by atoms with Crippen molar-refractivity contribution in [1.82, 2.24) is 5.32 Å². The number of phenols is 1. The quantitative estimate of drug-likeness (QED) is 0.738. The van der Waals surface area contributed by atoms with Gasteiger partial charge in [-0.2, -0.15) is 0 Å². The molecule has 0 aromatic heterocycles. The lowest BCUT2D eigenvalue weighted by Crippen LogP contribution is -2.34. The Labute approximate surface area is 113 Å². The third-order valence-corrected chi connectivity index (χ3v) is 3.01. The molecule has 0 aliphatic carbocycles. The number of benzene rings is 1. The molecule has 2 rings (SSSR count). The fraction of sp³-hybridized carbons (Fsp3) is 0.571. The van der Waals surface area contributed by atoms with Crippen LogP contribution in [0.1, 0.15) is 25.5 Å². The van der Waals surface area contributed by atoms with Gasteiger partial charge in [0, 0.05) is 31.4 Å². The largest absolute Gasteiger partial charge is 0.508 e. The van der Waals surface area contributed by atoms with E-state index in [0.29, 0.717) is 26.4 Å². The number of fused-ring (bicyclic) bond motifs is 1. The van der Waals surface area contributed by atoms with Crippen LogP contribution >= 0.6 is 0 Å². The average molecular weight is 267 g/mol. The van der Waals surface area contributed by atoms with E-state index in [1.807, 2.05) is 19.9 Å². The Morgan fingerprint density at radius 3 is 2.79 bits per heavy atom. The molecule has 1 aromatic rings. The highest BCUT2D eigenvalue weighted by Gasteiger charge is 2.25. The molecule has 1 atom stereocenters. The van der Waals surface area contributed by atoms with Crippen LogP contribution in [0, 0.1) is 0 Å². The first-order valence-corrected chi connectivity index (χ1v) is 6.66. The second kappa shape index (κ2) is 6.75. The molecule has 0 fully saturated rings. The van der Waals surface area contributed by atoms with Crippen molar-refractivity contribution in [3.63, 3.8) is 0 Å².